The third-order valence-electron chi connectivity index (χ3n) is 2.89. The Bertz CT molecular complexity index is 637. The fraction of sp³-hybridized carbons (Fsp3) is 0.308. The van der Waals surface area contributed by atoms with Crippen molar-refractivity contribution >= 4 is 6.08 Å². The molecule has 0 amide bonds. The van der Waals surface area contributed by atoms with Crippen LogP contribution in [0.4, 0.5) is 0 Å². The highest BCUT2D eigenvalue weighted by Crippen LogP contribution is 2.21. The van der Waals surface area contributed by atoms with Crippen molar-refractivity contribution in [2.24, 2.45) is 7.05 Å². The zero-order valence-electron chi connectivity index (χ0n) is 10.8. The normalized spacial score (nSPS) is 10.9. The van der Waals surface area contributed by atoms with Gasteiger partial charge in [0.15, 0.2) is 0 Å². The molecule has 0 aliphatic rings. The highest BCUT2D eigenvalue weighted by Gasteiger charge is 2.11. The topological polar surface area (TPSA) is 52.7 Å². The molecule has 1 aromatic carbocycles. The lowest BCUT2D eigenvalue weighted by molar-refractivity contribution is 0.692. The average Bonchev–Trinajstić information content (AvgIpc) is 2.69. The predicted octanol–water partition coefficient (Wildman–Crippen LogP) is 1.73. The first-order valence-corrected chi connectivity index (χ1v) is 5.80. The van der Waals surface area contributed by atoms with Crippen LogP contribution in [-0.2, 0) is 7.05 Å². The van der Waals surface area contributed by atoms with Gasteiger partial charge in [-0.15, -0.1) is 0 Å². The second-order valence-corrected chi connectivity index (χ2v) is 4.47. The van der Waals surface area contributed by atoms with Crippen LogP contribution in [0.2, 0.25) is 0 Å². The molecule has 1 aromatic heterocycles. The molecule has 1 heterocycles. The van der Waals surface area contributed by atoms with Gasteiger partial charge in [-0.2, -0.15) is 9.36 Å². The Morgan fingerprint density at radius 2 is 2.06 bits per heavy atom. The van der Waals surface area contributed by atoms with Crippen LogP contribution in [0.3, 0.4) is 0 Å². The van der Waals surface area contributed by atoms with E-state index >= 15 is 0 Å². The van der Waals surface area contributed by atoms with E-state index < -0.39 is 0 Å². The number of rotatable bonds is 3. The lowest BCUT2D eigenvalue weighted by Gasteiger charge is -2.10. The molecule has 0 bridgehead atoms. The summed E-state index contributed by atoms with van der Waals surface area (Å²) in [4.78, 5) is 11.9. The van der Waals surface area contributed by atoms with Gasteiger partial charge in [0.1, 0.15) is 0 Å². The second kappa shape index (κ2) is 4.60. The summed E-state index contributed by atoms with van der Waals surface area (Å²) >= 11 is 0. The van der Waals surface area contributed by atoms with Crippen LogP contribution in [-0.4, -0.2) is 19.8 Å². The molecule has 18 heavy (non-hydrogen) atoms. The molecule has 0 radical (unpaired) electrons. The summed E-state index contributed by atoms with van der Waals surface area (Å²) < 4.78 is 2.50. The molecule has 0 N–H and O–H groups in total. The van der Waals surface area contributed by atoms with Crippen LogP contribution in [0.25, 0.3) is 11.8 Å². The third-order valence-corrected chi connectivity index (χ3v) is 2.89. The largest absolute Gasteiger partial charge is 0.368 e. The smallest absolute Gasteiger partial charge is 0.244 e. The van der Waals surface area contributed by atoms with Crippen molar-refractivity contribution < 1.29 is 0 Å². The zero-order valence-corrected chi connectivity index (χ0v) is 10.8. The Balaban J connectivity index is 2.68. The van der Waals surface area contributed by atoms with Crippen LogP contribution in [0.5, 0.6) is 0 Å². The van der Waals surface area contributed by atoms with Crippen molar-refractivity contribution in [3.63, 3.8) is 0 Å². The molecule has 0 fully saturated rings. The van der Waals surface area contributed by atoms with Crippen LogP contribution in [0.1, 0.15) is 30.9 Å². The van der Waals surface area contributed by atoms with Gasteiger partial charge in [-0.1, -0.05) is 38.6 Å². The first-order chi connectivity index (χ1) is 8.54. The zero-order chi connectivity index (χ0) is 13.3. The Morgan fingerprint density at radius 1 is 1.33 bits per heavy atom. The molecule has 5 nitrogen and oxygen atoms in total. The fourth-order valence-electron chi connectivity index (χ4n) is 1.74. The second-order valence-electron chi connectivity index (χ2n) is 4.47. The molecule has 0 spiro atoms. The summed E-state index contributed by atoms with van der Waals surface area (Å²) in [7, 11) is 1.58. The molecular formula is C13H16N4O. The summed E-state index contributed by atoms with van der Waals surface area (Å²) in [5.74, 6) is 0.384. The van der Waals surface area contributed by atoms with E-state index in [1.54, 1.807) is 13.1 Å². The van der Waals surface area contributed by atoms with Crippen molar-refractivity contribution in [1.29, 1.82) is 0 Å². The first kappa shape index (κ1) is 12.3. The van der Waals surface area contributed by atoms with Gasteiger partial charge in [0, 0.05) is 7.05 Å². The van der Waals surface area contributed by atoms with Gasteiger partial charge in [0.05, 0.1) is 5.69 Å². The van der Waals surface area contributed by atoms with E-state index in [-0.39, 0.29) is 5.69 Å². The van der Waals surface area contributed by atoms with Gasteiger partial charge in [-0.05, 0) is 33.5 Å². The molecule has 2 aromatic rings. The van der Waals surface area contributed by atoms with Crippen molar-refractivity contribution in [1.82, 2.24) is 19.8 Å². The Kier molecular flexibility index (Phi) is 3.14. The standard InChI is InChI=1S/C13H16N4O/c1-5-10-6-7-11(9(2)3)8-12(10)17-13(18)16(4)14-15-17/h5-9H,1H2,2-4H3. The minimum absolute atomic E-state index is 0.265. The lowest BCUT2D eigenvalue weighted by Crippen LogP contribution is -2.22. The number of aromatic nitrogens is 4. The minimum Gasteiger partial charge on any atom is -0.244 e. The monoisotopic (exact) mass is 244 g/mol. The number of hydrogen-bond donors (Lipinski definition) is 0. The summed E-state index contributed by atoms with van der Waals surface area (Å²) in [6.45, 7) is 7.96. The third kappa shape index (κ3) is 1.99. The minimum atomic E-state index is -0.265. The maximum Gasteiger partial charge on any atom is 0.368 e. The summed E-state index contributed by atoms with van der Waals surface area (Å²) in [6, 6.07) is 5.93. The molecule has 0 atom stereocenters. The number of tetrazole rings is 1. The van der Waals surface area contributed by atoms with E-state index in [4.69, 9.17) is 0 Å². The SMILES string of the molecule is C=Cc1ccc(C(C)C)cc1-n1nnn(C)c1=O. The van der Waals surface area contributed by atoms with Crippen molar-refractivity contribution in [2.75, 3.05) is 0 Å². The van der Waals surface area contributed by atoms with E-state index in [0.29, 0.717) is 11.6 Å². The van der Waals surface area contributed by atoms with Gasteiger partial charge in [-0.25, -0.2) is 4.79 Å². The number of aryl methyl sites for hydroxylation is 1. The van der Waals surface area contributed by atoms with E-state index in [2.05, 4.69) is 30.9 Å². The maximum absolute atomic E-state index is 11.9. The Morgan fingerprint density at radius 3 is 2.56 bits per heavy atom. The number of nitrogens with zero attached hydrogens (tertiary/aromatic N) is 4. The molecule has 0 aliphatic carbocycles. The lowest BCUT2D eigenvalue weighted by atomic mass is 10.0. The van der Waals surface area contributed by atoms with Gasteiger partial charge < -0.3 is 0 Å². The highest BCUT2D eigenvalue weighted by atomic mass is 16.2. The van der Waals surface area contributed by atoms with Crippen molar-refractivity contribution in [3.05, 3.63) is 46.4 Å². The Labute approximate surface area is 105 Å². The van der Waals surface area contributed by atoms with Crippen LogP contribution < -0.4 is 5.69 Å². The number of benzene rings is 1. The number of hydrogen-bond acceptors (Lipinski definition) is 3. The fourth-order valence-corrected chi connectivity index (χ4v) is 1.74. The Hall–Kier alpha value is -2.17. The van der Waals surface area contributed by atoms with Crippen molar-refractivity contribution in [3.8, 4) is 5.69 Å². The van der Waals surface area contributed by atoms with Crippen LogP contribution in [0.15, 0.2) is 29.6 Å². The van der Waals surface area contributed by atoms with E-state index in [9.17, 15) is 4.79 Å². The van der Waals surface area contributed by atoms with E-state index in [1.807, 2.05) is 18.2 Å². The van der Waals surface area contributed by atoms with Crippen molar-refractivity contribution in [2.45, 2.75) is 19.8 Å². The highest BCUT2D eigenvalue weighted by molar-refractivity contribution is 5.60. The maximum atomic E-state index is 11.9. The van der Waals surface area contributed by atoms with Gasteiger partial charge in [0.25, 0.3) is 0 Å². The quantitative estimate of drug-likeness (QED) is 0.826. The van der Waals surface area contributed by atoms with E-state index in [1.165, 1.54) is 9.36 Å². The predicted molar refractivity (Wildman–Crippen MR) is 70.8 cm³/mol. The average molecular weight is 244 g/mol. The van der Waals surface area contributed by atoms with E-state index in [0.717, 1.165) is 11.1 Å². The molecule has 94 valence electrons. The molecular weight excluding hydrogens is 228 g/mol. The molecule has 0 unspecified atom stereocenters. The first-order valence-electron chi connectivity index (χ1n) is 5.80. The van der Waals surface area contributed by atoms with Crippen LogP contribution >= 0.6 is 0 Å². The van der Waals surface area contributed by atoms with Crippen LogP contribution in [0, 0.1) is 0 Å². The van der Waals surface area contributed by atoms with Gasteiger partial charge >= 0.3 is 5.69 Å². The molecule has 2 rings (SSSR count). The molecule has 5 heteroatoms. The summed E-state index contributed by atoms with van der Waals surface area (Å²) in [5.41, 5.74) is 2.46. The molecule has 0 saturated carbocycles. The molecule has 0 aliphatic heterocycles. The van der Waals surface area contributed by atoms with Gasteiger partial charge in [0.2, 0.25) is 0 Å². The molecule has 0 saturated heterocycles. The van der Waals surface area contributed by atoms with Gasteiger partial charge in [-0.3, -0.25) is 0 Å². The summed E-state index contributed by atoms with van der Waals surface area (Å²) in [6.07, 6.45) is 1.71. The summed E-state index contributed by atoms with van der Waals surface area (Å²) in [5, 5.41) is 7.59.